The number of ketones is 1. The number of phenols is 1. The molecule has 1 unspecified atom stereocenters. The number of hydrogen-bond acceptors (Lipinski definition) is 6. The van der Waals surface area contributed by atoms with E-state index in [1.165, 1.54) is 24.1 Å². The van der Waals surface area contributed by atoms with E-state index in [-0.39, 0.29) is 33.8 Å². The molecule has 1 amide bonds. The Labute approximate surface area is 220 Å². The molecule has 37 heavy (non-hydrogen) atoms. The van der Waals surface area contributed by atoms with Crippen LogP contribution in [0.4, 0.5) is 5.69 Å². The smallest absolute Gasteiger partial charge is 0.300 e. The van der Waals surface area contributed by atoms with Gasteiger partial charge in [-0.25, -0.2) is 0 Å². The highest BCUT2D eigenvalue weighted by atomic mass is 35.5. The number of hydrogen-bond donors (Lipinski definition) is 2. The lowest BCUT2D eigenvalue weighted by atomic mass is 9.91. The average Bonchev–Trinajstić information content (AvgIpc) is 3.15. The molecule has 0 spiro atoms. The number of aryl methyl sites for hydroxylation is 1. The van der Waals surface area contributed by atoms with Gasteiger partial charge in [0.2, 0.25) is 0 Å². The van der Waals surface area contributed by atoms with Gasteiger partial charge in [-0.05, 0) is 65.9 Å². The predicted octanol–water partition coefficient (Wildman–Crippen LogP) is 6.12. The number of ether oxygens (including phenoxy) is 2. The number of anilines is 1. The molecular weight excluding hydrogens is 494 g/mol. The molecule has 0 bridgehead atoms. The second-order valence-electron chi connectivity index (χ2n) is 9.12. The number of para-hydroxylation sites is 1. The van der Waals surface area contributed by atoms with Crippen molar-refractivity contribution in [2.24, 2.45) is 0 Å². The molecule has 8 heteroatoms. The van der Waals surface area contributed by atoms with Crippen LogP contribution in [0.3, 0.4) is 0 Å². The molecule has 0 radical (unpaired) electrons. The van der Waals surface area contributed by atoms with Crippen LogP contribution in [0.15, 0.2) is 60.2 Å². The Kier molecular flexibility index (Phi) is 7.18. The molecule has 0 aliphatic carbocycles. The van der Waals surface area contributed by atoms with Gasteiger partial charge in [0.15, 0.2) is 11.5 Å². The van der Waals surface area contributed by atoms with Gasteiger partial charge in [0.05, 0.1) is 30.9 Å². The Morgan fingerprint density at radius 1 is 1.00 bits per heavy atom. The summed E-state index contributed by atoms with van der Waals surface area (Å²) in [5.74, 6) is -1.40. The van der Waals surface area contributed by atoms with Gasteiger partial charge in [-0.15, -0.1) is 0 Å². The summed E-state index contributed by atoms with van der Waals surface area (Å²) in [4.78, 5) is 28.2. The number of Topliss-reactive ketones (excluding diaryl/α,β-unsaturated/α-hetero) is 1. The van der Waals surface area contributed by atoms with Crippen molar-refractivity contribution in [3.63, 3.8) is 0 Å². The van der Waals surface area contributed by atoms with E-state index in [1.807, 2.05) is 13.8 Å². The second-order valence-corrected chi connectivity index (χ2v) is 9.53. The van der Waals surface area contributed by atoms with Crippen LogP contribution in [0.2, 0.25) is 5.02 Å². The van der Waals surface area contributed by atoms with Gasteiger partial charge in [0.25, 0.3) is 11.7 Å². The number of aromatic hydroxyl groups is 1. The number of halogens is 1. The number of phenolic OH excluding ortho intramolecular Hbond substituents is 1. The zero-order valence-corrected chi connectivity index (χ0v) is 22.0. The zero-order valence-electron chi connectivity index (χ0n) is 21.2. The van der Waals surface area contributed by atoms with Gasteiger partial charge in [-0.1, -0.05) is 43.6 Å². The van der Waals surface area contributed by atoms with Crippen molar-refractivity contribution in [1.29, 1.82) is 0 Å². The number of aliphatic hydroxyl groups excluding tert-OH is 1. The molecule has 1 saturated heterocycles. The largest absolute Gasteiger partial charge is 0.507 e. The topological polar surface area (TPSA) is 96.3 Å². The Morgan fingerprint density at radius 2 is 1.65 bits per heavy atom. The molecular formula is C29H28ClNO6. The number of nitrogens with zero attached hydrogens (tertiary/aromatic N) is 1. The molecule has 3 aromatic rings. The lowest BCUT2D eigenvalue weighted by Crippen LogP contribution is -2.29. The Balaban J connectivity index is 2.03. The lowest BCUT2D eigenvalue weighted by Gasteiger charge is -2.26. The second kappa shape index (κ2) is 10.2. The van der Waals surface area contributed by atoms with Crippen molar-refractivity contribution >= 4 is 34.7 Å². The van der Waals surface area contributed by atoms with Crippen LogP contribution in [-0.4, -0.2) is 36.1 Å². The number of methoxy groups -OCH3 is 2. The summed E-state index contributed by atoms with van der Waals surface area (Å²) in [7, 11) is 2.95. The van der Waals surface area contributed by atoms with Crippen molar-refractivity contribution in [2.75, 3.05) is 19.1 Å². The lowest BCUT2D eigenvalue weighted by molar-refractivity contribution is -0.132. The predicted molar refractivity (Wildman–Crippen MR) is 143 cm³/mol. The highest BCUT2D eigenvalue weighted by molar-refractivity contribution is 6.51. The third-order valence-electron chi connectivity index (χ3n) is 6.52. The van der Waals surface area contributed by atoms with Crippen molar-refractivity contribution in [1.82, 2.24) is 0 Å². The molecule has 1 heterocycles. The summed E-state index contributed by atoms with van der Waals surface area (Å²) >= 11 is 6.29. The van der Waals surface area contributed by atoms with Crippen LogP contribution in [0.1, 0.15) is 48.1 Å². The van der Waals surface area contributed by atoms with Crippen molar-refractivity contribution < 1.29 is 29.3 Å². The van der Waals surface area contributed by atoms with E-state index < -0.39 is 17.7 Å². The molecule has 1 aliphatic rings. The summed E-state index contributed by atoms with van der Waals surface area (Å²) in [6, 6.07) is 14.2. The Bertz CT molecular complexity index is 1410. The van der Waals surface area contributed by atoms with E-state index >= 15 is 0 Å². The van der Waals surface area contributed by atoms with Gasteiger partial charge in [0, 0.05) is 11.3 Å². The molecule has 1 atom stereocenters. The number of amides is 1. The van der Waals surface area contributed by atoms with E-state index in [4.69, 9.17) is 21.1 Å². The van der Waals surface area contributed by atoms with Crippen LogP contribution in [0, 0.1) is 6.92 Å². The molecule has 2 N–H and O–H groups in total. The first kappa shape index (κ1) is 26.1. The van der Waals surface area contributed by atoms with Crippen molar-refractivity contribution in [2.45, 2.75) is 32.7 Å². The summed E-state index contributed by atoms with van der Waals surface area (Å²) in [5.41, 5.74) is 2.69. The summed E-state index contributed by atoms with van der Waals surface area (Å²) in [5, 5.41) is 21.9. The van der Waals surface area contributed by atoms with Gasteiger partial charge < -0.3 is 19.7 Å². The minimum Gasteiger partial charge on any atom is -0.507 e. The minimum atomic E-state index is -1.03. The normalized spacial score (nSPS) is 16.9. The summed E-state index contributed by atoms with van der Waals surface area (Å²) in [6.45, 7) is 5.79. The molecule has 0 aromatic heterocycles. The summed E-state index contributed by atoms with van der Waals surface area (Å²) in [6.07, 6.45) is 0. The fourth-order valence-corrected chi connectivity index (χ4v) is 4.86. The van der Waals surface area contributed by atoms with E-state index in [2.05, 4.69) is 0 Å². The zero-order chi connectivity index (χ0) is 27.0. The monoisotopic (exact) mass is 521 g/mol. The fraction of sp³-hybridized carbons (Fsp3) is 0.241. The van der Waals surface area contributed by atoms with Gasteiger partial charge in [-0.2, -0.15) is 0 Å². The first-order valence-corrected chi connectivity index (χ1v) is 12.1. The maximum atomic E-state index is 13.5. The maximum absolute atomic E-state index is 13.5. The number of carbonyl (C=O) groups excluding carboxylic acids is 2. The third kappa shape index (κ3) is 4.51. The standard InChI is InChI=1S/C29H28ClNO6/c1-15(2)19-14-20(16(3)11-22(19)36-4)26(32)24-25(17-12-21(30)27(33)23(13-17)37-5)31(29(35)28(24)34)18-9-7-6-8-10-18/h6-15,25,32-33H,1-5H3/b26-24+. The number of aliphatic hydroxyl groups is 1. The highest BCUT2D eigenvalue weighted by Gasteiger charge is 2.47. The molecule has 4 rings (SSSR count). The maximum Gasteiger partial charge on any atom is 0.300 e. The molecule has 1 aliphatic heterocycles. The quantitative estimate of drug-likeness (QED) is 0.230. The van der Waals surface area contributed by atoms with Gasteiger partial charge >= 0.3 is 0 Å². The van der Waals surface area contributed by atoms with E-state index in [0.717, 1.165) is 5.56 Å². The molecule has 3 aromatic carbocycles. The highest BCUT2D eigenvalue weighted by Crippen LogP contribution is 2.46. The Hall–Kier alpha value is -3.97. The average molecular weight is 522 g/mol. The van der Waals surface area contributed by atoms with Gasteiger partial charge in [-0.3, -0.25) is 14.5 Å². The number of carbonyl (C=O) groups is 2. The molecule has 1 fully saturated rings. The fourth-order valence-electron chi connectivity index (χ4n) is 4.64. The van der Waals surface area contributed by atoms with E-state index in [0.29, 0.717) is 28.1 Å². The third-order valence-corrected chi connectivity index (χ3v) is 6.81. The summed E-state index contributed by atoms with van der Waals surface area (Å²) < 4.78 is 10.8. The van der Waals surface area contributed by atoms with Crippen LogP contribution in [-0.2, 0) is 9.59 Å². The van der Waals surface area contributed by atoms with Crippen LogP contribution in [0.5, 0.6) is 17.2 Å². The van der Waals surface area contributed by atoms with E-state index in [9.17, 15) is 19.8 Å². The first-order valence-electron chi connectivity index (χ1n) is 11.7. The van der Waals surface area contributed by atoms with Gasteiger partial charge in [0.1, 0.15) is 11.5 Å². The minimum absolute atomic E-state index is 0.0179. The van der Waals surface area contributed by atoms with Crippen molar-refractivity contribution in [3.8, 4) is 17.2 Å². The number of benzene rings is 3. The SMILES string of the molecule is COc1cc(C)c(/C(O)=C2\C(=O)C(=O)N(c3ccccc3)C2c2cc(Cl)c(O)c(OC)c2)cc1C(C)C. The van der Waals surface area contributed by atoms with Crippen LogP contribution in [0.25, 0.3) is 5.76 Å². The van der Waals surface area contributed by atoms with Crippen molar-refractivity contribution in [3.05, 3.63) is 87.4 Å². The molecule has 192 valence electrons. The van der Waals surface area contributed by atoms with E-state index in [1.54, 1.807) is 56.5 Å². The Morgan fingerprint density at radius 3 is 2.24 bits per heavy atom. The van der Waals surface area contributed by atoms with Crippen LogP contribution < -0.4 is 14.4 Å². The number of rotatable bonds is 6. The molecule has 0 saturated carbocycles. The van der Waals surface area contributed by atoms with Crippen LogP contribution >= 0.6 is 11.6 Å². The first-order chi connectivity index (χ1) is 17.6. The molecule has 7 nitrogen and oxygen atoms in total.